The number of imidazole rings is 1. The third-order valence-corrected chi connectivity index (χ3v) is 4.64. The molecule has 0 aromatic carbocycles. The van der Waals surface area contributed by atoms with E-state index in [4.69, 9.17) is 4.42 Å². The summed E-state index contributed by atoms with van der Waals surface area (Å²) in [4.78, 5) is 30.0. The number of carbonyl (C=O) groups excluding carboxylic acids is 2. The van der Waals surface area contributed by atoms with E-state index in [-0.39, 0.29) is 5.82 Å². The lowest BCUT2D eigenvalue weighted by atomic mass is 9.99. The van der Waals surface area contributed by atoms with Crippen LogP contribution in [0.5, 0.6) is 0 Å². The van der Waals surface area contributed by atoms with E-state index in [1.807, 2.05) is 19.1 Å². The zero-order valence-electron chi connectivity index (χ0n) is 13.0. The van der Waals surface area contributed by atoms with Gasteiger partial charge in [0, 0.05) is 19.4 Å². The van der Waals surface area contributed by atoms with E-state index >= 15 is 0 Å². The molecule has 0 radical (unpaired) electrons. The van der Waals surface area contributed by atoms with Crippen LogP contribution in [0.2, 0.25) is 0 Å². The first-order valence-corrected chi connectivity index (χ1v) is 7.95. The summed E-state index contributed by atoms with van der Waals surface area (Å²) in [6, 6.07) is 8.80. The lowest BCUT2D eigenvalue weighted by Crippen LogP contribution is -2.24. The summed E-state index contributed by atoms with van der Waals surface area (Å²) in [6.07, 6.45) is 3.04. The molecule has 0 aliphatic heterocycles. The highest BCUT2D eigenvalue weighted by Gasteiger charge is 2.31. The molecular formula is C17H13N3O3S. The molecule has 6 nitrogen and oxygen atoms in total. The molecule has 0 bridgehead atoms. The fourth-order valence-corrected chi connectivity index (χ4v) is 3.22. The van der Waals surface area contributed by atoms with Gasteiger partial charge in [0.1, 0.15) is 11.5 Å². The summed E-state index contributed by atoms with van der Waals surface area (Å²) in [5, 5.41) is 9.30. The number of Topliss-reactive ketones (excluding diaryl/α,β-unsaturated/α-hetero) is 2. The standard InChI is InChI=1S/C17H13N3O3S/c1-10-3-4-12(23-10)13-5-6-14(24-13)15(21)11(9-18)16(22)17-19-7-8-20(17)2/h3-8,11H,1-2H3/t11-/m1/s1. The number of furan rings is 1. The van der Waals surface area contributed by atoms with Crippen LogP contribution in [-0.2, 0) is 7.05 Å². The zero-order chi connectivity index (χ0) is 17.3. The minimum atomic E-state index is -1.41. The average molecular weight is 339 g/mol. The maximum absolute atomic E-state index is 12.6. The molecule has 3 rings (SSSR count). The van der Waals surface area contributed by atoms with Crippen molar-refractivity contribution in [1.29, 1.82) is 5.26 Å². The summed E-state index contributed by atoms with van der Waals surface area (Å²) in [6.45, 7) is 1.83. The second-order valence-electron chi connectivity index (χ2n) is 5.23. The van der Waals surface area contributed by atoms with Gasteiger partial charge < -0.3 is 8.98 Å². The molecule has 7 heteroatoms. The van der Waals surface area contributed by atoms with Gasteiger partial charge in [-0.3, -0.25) is 9.59 Å². The van der Waals surface area contributed by atoms with Gasteiger partial charge >= 0.3 is 0 Å². The first-order chi connectivity index (χ1) is 11.5. The smallest absolute Gasteiger partial charge is 0.223 e. The van der Waals surface area contributed by atoms with Crippen molar-refractivity contribution in [2.24, 2.45) is 13.0 Å². The summed E-state index contributed by atoms with van der Waals surface area (Å²) in [7, 11) is 1.64. The van der Waals surface area contributed by atoms with Gasteiger partial charge in [0.25, 0.3) is 0 Å². The van der Waals surface area contributed by atoms with Crippen molar-refractivity contribution < 1.29 is 14.0 Å². The normalized spacial score (nSPS) is 11.9. The first kappa shape index (κ1) is 15.9. The molecule has 0 N–H and O–H groups in total. The molecule has 0 spiro atoms. The molecular weight excluding hydrogens is 326 g/mol. The Balaban J connectivity index is 1.88. The number of hydrogen-bond acceptors (Lipinski definition) is 6. The Bertz CT molecular complexity index is 958. The fraction of sp³-hybridized carbons (Fsp3) is 0.176. The quantitative estimate of drug-likeness (QED) is 0.526. The highest BCUT2D eigenvalue weighted by Crippen LogP contribution is 2.31. The molecule has 3 aromatic rings. The van der Waals surface area contributed by atoms with Crippen molar-refractivity contribution in [3.63, 3.8) is 0 Å². The van der Waals surface area contributed by atoms with E-state index < -0.39 is 17.5 Å². The summed E-state index contributed by atoms with van der Waals surface area (Å²) in [5.41, 5.74) is 0. The Morgan fingerprint density at radius 2 is 2.08 bits per heavy atom. The van der Waals surface area contributed by atoms with Crippen LogP contribution in [-0.4, -0.2) is 21.1 Å². The van der Waals surface area contributed by atoms with Gasteiger partial charge in [-0.25, -0.2) is 4.98 Å². The van der Waals surface area contributed by atoms with Gasteiger partial charge in [-0.1, -0.05) is 0 Å². The number of hydrogen-bond donors (Lipinski definition) is 0. The highest BCUT2D eigenvalue weighted by molar-refractivity contribution is 7.17. The monoisotopic (exact) mass is 339 g/mol. The van der Waals surface area contributed by atoms with Crippen LogP contribution in [0.4, 0.5) is 0 Å². The molecule has 0 aliphatic carbocycles. The van der Waals surface area contributed by atoms with E-state index in [1.165, 1.54) is 22.1 Å². The van der Waals surface area contributed by atoms with Crippen molar-refractivity contribution in [2.75, 3.05) is 0 Å². The SMILES string of the molecule is Cc1ccc(-c2ccc(C(=O)[C@@H](C#N)C(=O)c3nccn3C)s2)o1. The molecule has 0 aliphatic rings. The Morgan fingerprint density at radius 3 is 2.67 bits per heavy atom. The van der Waals surface area contributed by atoms with Crippen molar-refractivity contribution >= 4 is 22.9 Å². The topological polar surface area (TPSA) is 88.9 Å². The van der Waals surface area contributed by atoms with E-state index in [2.05, 4.69) is 4.98 Å². The average Bonchev–Trinajstić information content (AvgIpc) is 3.27. The van der Waals surface area contributed by atoms with E-state index in [0.717, 1.165) is 10.6 Å². The molecule has 3 aromatic heterocycles. The van der Waals surface area contributed by atoms with Crippen LogP contribution in [0.3, 0.4) is 0 Å². The molecule has 3 heterocycles. The fourth-order valence-electron chi connectivity index (χ4n) is 2.28. The summed E-state index contributed by atoms with van der Waals surface area (Å²) < 4.78 is 7.02. The van der Waals surface area contributed by atoms with Crippen molar-refractivity contribution in [3.8, 4) is 16.7 Å². The number of nitriles is 1. The predicted octanol–water partition coefficient (Wildman–Crippen LogP) is 3.26. The summed E-state index contributed by atoms with van der Waals surface area (Å²) in [5.74, 6) is -1.01. The van der Waals surface area contributed by atoms with Crippen LogP contribution in [0, 0.1) is 24.2 Å². The van der Waals surface area contributed by atoms with Gasteiger partial charge in [0.15, 0.2) is 17.5 Å². The van der Waals surface area contributed by atoms with Crippen LogP contribution in [0.25, 0.3) is 10.6 Å². The molecule has 0 saturated heterocycles. The van der Waals surface area contributed by atoms with Crippen LogP contribution in [0.1, 0.15) is 26.1 Å². The maximum atomic E-state index is 12.6. The Labute approximate surface area is 142 Å². The number of nitrogens with zero attached hydrogens (tertiary/aromatic N) is 3. The van der Waals surface area contributed by atoms with Crippen LogP contribution < -0.4 is 0 Å². The number of aryl methyl sites for hydroxylation is 2. The first-order valence-electron chi connectivity index (χ1n) is 7.13. The van der Waals surface area contributed by atoms with Crippen LogP contribution >= 0.6 is 11.3 Å². The van der Waals surface area contributed by atoms with Gasteiger partial charge in [-0.2, -0.15) is 5.26 Å². The van der Waals surface area contributed by atoms with Crippen molar-refractivity contribution in [3.05, 3.63) is 53.1 Å². The van der Waals surface area contributed by atoms with Crippen molar-refractivity contribution in [1.82, 2.24) is 9.55 Å². The van der Waals surface area contributed by atoms with Gasteiger partial charge in [0.05, 0.1) is 15.8 Å². The molecule has 1 atom stereocenters. The number of ketones is 2. The predicted molar refractivity (Wildman–Crippen MR) is 87.7 cm³/mol. The number of rotatable bonds is 5. The summed E-state index contributed by atoms with van der Waals surface area (Å²) >= 11 is 1.20. The van der Waals surface area contributed by atoms with E-state index in [9.17, 15) is 14.9 Å². The minimum Gasteiger partial charge on any atom is -0.461 e. The molecule has 0 fully saturated rings. The van der Waals surface area contributed by atoms with Gasteiger partial charge in [-0.05, 0) is 31.2 Å². The van der Waals surface area contributed by atoms with E-state index in [1.54, 1.807) is 31.4 Å². The van der Waals surface area contributed by atoms with E-state index in [0.29, 0.717) is 10.6 Å². The maximum Gasteiger partial charge on any atom is 0.223 e. The molecule has 0 unspecified atom stereocenters. The van der Waals surface area contributed by atoms with Crippen molar-refractivity contribution in [2.45, 2.75) is 6.92 Å². The molecule has 0 saturated carbocycles. The lowest BCUT2D eigenvalue weighted by molar-refractivity contribution is 0.0840. The highest BCUT2D eigenvalue weighted by atomic mass is 32.1. The zero-order valence-corrected chi connectivity index (χ0v) is 13.8. The molecule has 0 amide bonds. The Kier molecular flexibility index (Phi) is 4.15. The largest absolute Gasteiger partial charge is 0.461 e. The molecule has 24 heavy (non-hydrogen) atoms. The Morgan fingerprint density at radius 1 is 1.29 bits per heavy atom. The number of thiophene rings is 1. The Hall–Kier alpha value is -2.98. The number of aromatic nitrogens is 2. The van der Waals surface area contributed by atoms with Crippen LogP contribution in [0.15, 0.2) is 41.1 Å². The number of carbonyl (C=O) groups is 2. The third kappa shape index (κ3) is 2.79. The second-order valence-corrected chi connectivity index (χ2v) is 6.31. The minimum absolute atomic E-state index is 0.0911. The van der Waals surface area contributed by atoms with Gasteiger partial charge in [0.2, 0.25) is 5.78 Å². The second kappa shape index (κ2) is 6.26. The van der Waals surface area contributed by atoms with Gasteiger partial charge in [-0.15, -0.1) is 11.3 Å². The lowest BCUT2D eigenvalue weighted by Gasteiger charge is -2.05. The third-order valence-electron chi connectivity index (χ3n) is 3.53. The molecule has 120 valence electrons.